The second kappa shape index (κ2) is 4.69. The van der Waals surface area contributed by atoms with Crippen LogP contribution in [0.1, 0.15) is 34.6 Å². The lowest BCUT2D eigenvalue weighted by Gasteiger charge is -2.17. The normalized spacial score (nSPS) is 18.5. The molecule has 21 heavy (non-hydrogen) atoms. The molecule has 0 saturated carbocycles. The topological polar surface area (TPSA) is 123 Å². The van der Waals surface area contributed by atoms with E-state index in [1.54, 1.807) is 18.1 Å². The lowest BCUT2D eigenvalue weighted by molar-refractivity contribution is -0.119. The molecule has 0 spiro atoms. The number of aromatic nitrogens is 5. The number of primary amides is 1. The van der Waals surface area contributed by atoms with E-state index in [1.807, 2.05) is 11.5 Å². The highest BCUT2D eigenvalue weighted by atomic mass is 16.2. The van der Waals surface area contributed by atoms with Crippen LogP contribution in [0.25, 0.3) is 0 Å². The number of aryl methyl sites for hydroxylation is 1. The molecular weight excluding hydrogens is 274 g/mol. The first-order chi connectivity index (χ1) is 9.99. The molecule has 0 aromatic carbocycles. The van der Waals surface area contributed by atoms with Crippen molar-refractivity contribution < 1.29 is 9.59 Å². The average Bonchev–Trinajstić information content (AvgIpc) is 3.03. The summed E-state index contributed by atoms with van der Waals surface area (Å²) in [6.07, 6.45) is 2.21. The van der Waals surface area contributed by atoms with Gasteiger partial charge >= 0.3 is 0 Å². The lowest BCUT2D eigenvalue weighted by Crippen LogP contribution is -2.31. The van der Waals surface area contributed by atoms with Gasteiger partial charge in [-0.3, -0.25) is 19.6 Å². The molecule has 0 saturated heterocycles. The van der Waals surface area contributed by atoms with Crippen molar-refractivity contribution in [3.63, 3.8) is 0 Å². The molecule has 0 fully saturated rings. The number of anilines is 1. The fourth-order valence-electron chi connectivity index (χ4n) is 2.52. The van der Waals surface area contributed by atoms with Crippen molar-refractivity contribution >= 4 is 17.6 Å². The first kappa shape index (κ1) is 13.3. The Bertz CT molecular complexity index is 717. The van der Waals surface area contributed by atoms with Crippen LogP contribution in [-0.4, -0.2) is 43.6 Å². The summed E-state index contributed by atoms with van der Waals surface area (Å²) < 4.78 is 1.98. The predicted molar refractivity (Wildman–Crippen MR) is 72.6 cm³/mol. The van der Waals surface area contributed by atoms with Gasteiger partial charge in [-0.05, 0) is 13.3 Å². The Balaban J connectivity index is 1.95. The Kier molecular flexibility index (Phi) is 2.96. The van der Waals surface area contributed by atoms with Gasteiger partial charge in [0.05, 0.1) is 12.1 Å². The number of nitrogens with one attached hydrogen (secondary N) is 1. The standard InChI is InChI=1S/C12H15N7O2/c1-6-14-5-8-18(2)12(21)7(3-4-19(6)8)10-15-11(9(13)20)17-16-10/h5,7H,3-4H2,1-2H3,(H2,13,20)(H,15,16,17)/t7-/m1/s1. The molecule has 3 rings (SSSR count). The second-order valence-electron chi connectivity index (χ2n) is 4.96. The number of likely N-dealkylation sites (N-methyl/N-ethyl adjacent to an activating group) is 1. The van der Waals surface area contributed by atoms with Crippen molar-refractivity contribution in [2.75, 3.05) is 11.9 Å². The molecule has 1 atom stereocenters. The van der Waals surface area contributed by atoms with E-state index in [4.69, 9.17) is 5.73 Å². The molecule has 9 nitrogen and oxygen atoms in total. The second-order valence-corrected chi connectivity index (χ2v) is 4.96. The molecule has 1 aliphatic rings. The number of nitrogens with zero attached hydrogens (tertiary/aromatic N) is 5. The Morgan fingerprint density at radius 3 is 2.95 bits per heavy atom. The zero-order valence-corrected chi connectivity index (χ0v) is 11.7. The maximum atomic E-state index is 12.6. The summed E-state index contributed by atoms with van der Waals surface area (Å²) in [5, 5.41) is 6.37. The first-order valence-electron chi connectivity index (χ1n) is 6.51. The third-order valence-corrected chi connectivity index (χ3v) is 3.70. The van der Waals surface area contributed by atoms with Crippen LogP contribution in [-0.2, 0) is 11.3 Å². The molecule has 1 aliphatic heterocycles. The molecule has 3 heterocycles. The zero-order valence-electron chi connectivity index (χ0n) is 11.7. The zero-order chi connectivity index (χ0) is 15.1. The van der Waals surface area contributed by atoms with Crippen molar-refractivity contribution in [2.24, 2.45) is 5.73 Å². The summed E-state index contributed by atoms with van der Waals surface area (Å²) in [7, 11) is 1.69. The fourth-order valence-corrected chi connectivity index (χ4v) is 2.52. The van der Waals surface area contributed by atoms with Crippen molar-refractivity contribution in [1.82, 2.24) is 24.7 Å². The Morgan fingerprint density at radius 2 is 2.29 bits per heavy atom. The lowest BCUT2D eigenvalue weighted by atomic mass is 10.0. The summed E-state index contributed by atoms with van der Waals surface area (Å²) in [6.45, 7) is 2.52. The Morgan fingerprint density at radius 1 is 1.52 bits per heavy atom. The number of carbonyl (C=O) groups is 2. The van der Waals surface area contributed by atoms with E-state index in [1.165, 1.54) is 0 Å². The fraction of sp³-hybridized carbons (Fsp3) is 0.417. The number of imidazole rings is 1. The Labute approximate surface area is 120 Å². The predicted octanol–water partition coefficient (Wildman–Crippen LogP) is -0.441. The number of hydrogen-bond acceptors (Lipinski definition) is 5. The van der Waals surface area contributed by atoms with Crippen LogP contribution in [0.4, 0.5) is 5.82 Å². The minimum atomic E-state index is -0.724. The van der Waals surface area contributed by atoms with Gasteiger partial charge in [-0.15, -0.1) is 5.10 Å². The van der Waals surface area contributed by atoms with Gasteiger partial charge < -0.3 is 10.3 Å². The van der Waals surface area contributed by atoms with E-state index in [0.29, 0.717) is 18.8 Å². The largest absolute Gasteiger partial charge is 0.363 e. The molecule has 0 bridgehead atoms. The first-order valence-corrected chi connectivity index (χ1v) is 6.51. The van der Waals surface area contributed by atoms with Gasteiger partial charge in [0.2, 0.25) is 11.7 Å². The van der Waals surface area contributed by atoms with Crippen LogP contribution < -0.4 is 10.6 Å². The van der Waals surface area contributed by atoms with Crippen molar-refractivity contribution in [2.45, 2.75) is 25.8 Å². The number of aromatic amines is 1. The van der Waals surface area contributed by atoms with Crippen molar-refractivity contribution in [3.8, 4) is 0 Å². The molecule has 0 unspecified atom stereocenters. The molecule has 3 N–H and O–H groups in total. The molecule has 0 aliphatic carbocycles. The summed E-state index contributed by atoms with van der Waals surface area (Å²) in [5.74, 6) is 0.503. The minimum absolute atomic E-state index is 0.109. The van der Waals surface area contributed by atoms with E-state index < -0.39 is 11.8 Å². The average molecular weight is 289 g/mol. The maximum absolute atomic E-state index is 12.6. The smallest absolute Gasteiger partial charge is 0.288 e. The van der Waals surface area contributed by atoms with Gasteiger partial charge in [-0.2, -0.15) is 0 Å². The van der Waals surface area contributed by atoms with Gasteiger partial charge in [0.15, 0.2) is 0 Å². The highest BCUT2D eigenvalue weighted by Crippen LogP contribution is 2.28. The molecule has 110 valence electrons. The SMILES string of the molecule is Cc1ncc2n1CC[C@H](c1nc(C(N)=O)n[nH]1)C(=O)N2C. The molecular formula is C12H15N7O2. The maximum Gasteiger partial charge on any atom is 0.288 e. The Hall–Kier alpha value is -2.71. The van der Waals surface area contributed by atoms with Gasteiger partial charge in [0.1, 0.15) is 17.5 Å². The van der Waals surface area contributed by atoms with Gasteiger partial charge in [0.25, 0.3) is 5.91 Å². The minimum Gasteiger partial charge on any atom is -0.363 e. The number of rotatable bonds is 2. The molecule has 2 aromatic heterocycles. The quantitative estimate of drug-likeness (QED) is 0.775. The molecule has 0 radical (unpaired) electrons. The number of amides is 2. The number of H-pyrrole nitrogens is 1. The van der Waals surface area contributed by atoms with Gasteiger partial charge in [0, 0.05) is 13.6 Å². The summed E-state index contributed by atoms with van der Waals surface area (Å²) in [6, 6.07) is 0. The highest BCUT2D eigenvalue weighted by Gasteiger charge is 2.32. The van der Waals surface area contributed by atoms with Gasteiger partial charge in [-0.25, -0.2) is 9.97 Å². The molecule has 2 amide bonds. The van der Waals surface area contributed by atoms with E-state index in [0.717, 1.165) is 11.6 Å². The van der Waals surface area contributed by atoms with Crippen LogP contribution in [0.3, 0.4) is 0 Å². The van der Waals surface area contributed by atoms with Crippen molar-refractivity contribution in [1.29, 1.82) is 0 Å². The summed E-state index contributed by atoms with van der Waals surface area (Å²) in [5.41, 5.74) is 5.13. The summed E-state index contributed by atoms with van der Waals surface area (Å²) >= 11 is 0. The number of hydrogen-bond donors (Lipinski definition) is 2. The number of fused-ring (bicyclic) bond motifs is 1. The number of nitrogens with two attached hydrogens (primary N) is 1. The van der Waals surface area contributed by atoms with E-state index in [-0.39, 0.29) is 11.7 Å². The third-order valence-electron chi connectivity index (χ3n) is 3.70. The van der Waals surface area contributed by atoms with E-state index >= 15 is 0 Å². The van der Waals surface area contributed by atoms with E-state index in [2.05, 4.69) is 20.2 Å². The number of carbonyl (C=O) groups excluding carboxylic acids is 2. The van der Waals surface area contributed by atoms with Crippen LogP contribution >= 0.6 is 0 Å². The monoisotopic (exact) mass is 289 g/mol. The summed E-state index contributed by atoms with van der Waals surface area (Å²) in [4.78, 5) is 33.4. The highest BCUT2D eigenvalue weighted by molar-refractivity contribution is 5.97. The molecule has 2 aromatic rings. The van der Waals surface area contributed by atoms with Crippen LogP contribution in [0.5, 0.6) is 0 Å². The van der Waals surface area contributed by atoms with Crippen molar-refractivity contribution in [3.05, 3.63) is 23.7 Å². The van der Waals surface area contributed by atoms with Gasteiger partial charge in [-0.1, -0.05) is 0 Å². The van der Waals surface area contributed by atoms with Crippen LogP contribution in [0.15, 0.2) is 6.20 Å². The van der Waals surface area contributed by atoms with Crippen LogP contribution in [0.2, 0.25) is 0 Å². The molecule has 9 heteroatoms. The van der Waals surface area contributed by atoms with Crippen LogP contribution in [0, 0.1) is 6.92 Å². The van der Waals surface area contributed by atoms with E-state index in [9.17, 15) is 9.59 Å². The third kappa shape index (κ3) is 2.06.